The summed E-state index contributed by atoms with van der Waals surface area (Å²) in [5, 5.41) is -0.536. The molecule has 2 bridgehead atoms. The molecule has 2 aliphatic carbocycles. The van der Waals surface area contributed by atoms with E-state index in [1.165, 1.54) is 36.1 Å². The van der Waals surface area contributed by atoms with Crippen molar-refractivity contribution in [3.8, 4) is 0 Å². The SMILES string of the molecule is CC(C)c1cccc(C(C)C)c1N1C2=C(C3CCC2C3)P2(=B[Si]1(Br)Br)N(C(C)(C)C)[Si](C)(C)N2C(C)(C)C. The molecule has 0 N–H and O–H groups in total. The summed E-state index contributed by atoms with van der Waals surface area (Å²) < 4.78 is 9.08. The zero-order valence-electron chi connectivity index (χ0n) is 25.8. The molecule has 1 saturated carbocycles. The fraction of sp³-hybridized carbons (Fsp3) is 0.724. The minimum absolute atomic E-state index is 0.132. The Bertz CT molecular complexity index is 1190. The zero-order chi connectivity index (χ0) is 28.4. The molecule has 5 rings (SSSR count). The van der Waals surface area contributed by atoms with Gasteiger partial charge in [0.15, 0.2) is 0 Å². The molecule has 1 aromatic rings. The molecule has 1 aromatic carbocycles. The van der Waals surface area contributed by atoms with Crippen LogP contribution in [0.15, 0.2) is 29.2 Å². The molecular weight excluding hydrogens is 648 g/mol. The van der Waals surface area contributed by atoms with Crippen LogP contribution in [0.5, 0.6) is 0 Å². The van der Waals surface area contributed by atoms with Crippen LogP contribution < -0.4 is 4.57 Å². The van der Waals surface area contributed by atoms with Crippen molar-refractivity contribution in [2.45, 2.75) is 125 Å². The van der Waals surface area contributed by atoms with Gasteiger partial charge in [-0.15, -0.1) is 0 Å². The van der Waals surface area contributed by atoms with E-state index >= 15 is 0 Å². The second-order valence-corrected chi connectivity index (χ2v) is 35.6. The van der Waals surface area contributed by atoms with Crippen LogP contribution in [0.2, 0.25) is 13.1 Å². The van der Waals surface area contributed by atoms with Crippen LogP contribution in [-0.4, -0.2) is 39.7 Å². The number of benzene rings is 1. The Hall–Kier alpha value is 0.569. The Kier molecular flexibility index (Phi) is 7.34. The molecule has 0 amide bonds. The Balaban J connectivity index is 1.89. The number of halogens is 2. The third kappa shape index (κ3) is 4.15. The van der Waals surface area contributed by atoms with Gasteiger partial charge in [0.05, 0.1) is 0 Å². The molecule has 1 saturated heterocycles. The summed E-state index contributed by atoms with van der Waals surface area (Å²) in [5.41, 5.74) is 6.45. The fourth-order valence-electron chi connectivity index (χ4n) is 8.95. The van der Waals surface area contributed by atoms with Crippen molar-refractivity contribution in [1.82, 2.24) is 8.67 Å². The van der Waals surface area contributed by atoms with Crippen molar-refractivity contribution in [1.29, 1.82) is 0 Å². The van der Waals surface area contributed by atoms with Crippen molar-refractivity contribution < 1.29 is 0 Å². The molecule has 38 heavy (non-hydrogen) atoms. The predicted molar refractivity (Wildman–Crippen MR) is 182 cm³/mol. The van der Waals surface area contributed by atoms with Crippen molar-refractivity contribution in [2.75, 3.05) is 4.57 Å². The van der Waals surface area contributed by atoms with E-state index in [9.17, 15) is 0 Å². The summed E-state index contributed by atoms with van der Waals surface area (Å²) >= 11 is 9.06. The van der Waals surface area contributed by atoms with Gasteiger partial charge in [-0.25, -0.2) is 0 Å². The van der Waals surface area contributed by atoms with Gasteiger partial charge in [-0.05, 0) is 0 Å². The number of allylic oxidation sites excluding steroid dienone is 2. The Labute approximate surface area is 251 Å². The molecule has 4 aliphatic rings. The molecule has 2 unspecified atom stereocenters. The Morgan fingerprint density at radius 2 is 1.34 bits per heavy atom. The zero-order valence-corrected chi connectivity index (χ0v) is 31.9. The first-order valence-corrected chi connectivity index (χ1v) is 25.9. The second-order valence-electron chi connectivity index (χ2n) is 15.2. The van der Waals surface area contributed by atoms with Gasteiger partial charge in [0.1, 0.15) is 0 Å². The van der Waals surface area contributed by atoms with E-state index in [4.69, 9.17) is 0 Å². The molecule has 0 aromatic heterocycles. The molecule has 2 atom stereocenters. The first kappa shape index (κ1) is 30.0. The topological polar surface area (TPSA) is 9.72 Å². The van der Waals surface area contributed by atoms with Crippen LogP contribution in [0.1, 0.15) is 111 Å². The van der Waals surface area contributed by atoms with Crippen LogP contribution in [0, 0.1) is 11.8 Å². The Morgan fingerprint density at radius 3 is 1.79 bits per heavy atom. The van der Waals surface area contributed by atoms with Crippen LogP contribution in [0.4, 0.5) is 5.69 Å². The summed E-state index contributed by atoms with van der Waals surface area (Å²) in [7, 11) is -3.68. The molecule has 3 nitrogen and oxygen atoms in total. The average molecular weight is 697 g/mol. The quantitative estimate of drug-likeness (QED) is 0.177. The summed E-state index contributed by atoms with van der Waals surface area (Å²) in [6.07, 6.45) is 6.96. The number of para-hydroxylation sites is 1. The number of nitrogens with zero attached hydrogens (tertiary/aromatic N) is 3. The average Bonchev–Trinajstić information content (AvgIpc) is 3.31. The minimum atomic E-state index is -2.38. The number of hydrogen-bond donors (Lipinski definition) is 0. The van der Waals surface area contributed by atoms with E-state index in [1.54, 1.807) is 5.70 Å². The number of fused-ring (bicyclic) bond motifs is 5. The third-order valence-electron chi connectivity index (χ3n) is 9.18. The Morgan fingerprint density at radius 1 is 0.868 bits per heavy atom. The van der Waals surface area contributed by atoms with Gasteiger partial charge in [-0.1, -0.05) is 0 Å². The van der Waals surface area contributed by atoms with Gasteiger partial charge in [0.2, 0.25) is 0 Å². The van der Waals surface area contributed by atoms with E-state index < -0.39 is 20.8 Å². The van der Waals surface area contributed by atoms with Crippen LogP contribution in [0.3, 0.4) is 0 Å². The van der Waals surface area contributed by atoms with Gasteiger partial charge in [0.25, 0.3) is 0 Å². The van der Waals surface area contributed by atoms with Gasteiger partial charge < -0.3 is 0 Å². The fourth-order valence-corrected chi connectivity index (χ4v) is 36.7. The summed E-state index contributed by atoms with van der Waals surface area (Å²) in [6, 6.07) is 7.08. The molecule has 2 aliphatic heterocycles. The second kappa shape index (κ2) is 9.28. The molecule has 210 valence electrons. The van der Waals surface area contributed by atoms with Crippen LogP contribution in [-0.2, 0) is 0 Å². The summed E-state index contributed by atoms with van der Waals surface area (Å²) in [6.45, 7) is 29.6. The number of anilines is 1. The molecule has 9 heteroatoms. The van der Waals surface area contributed by atoms with Gasteiger partial charge in [-0.2, -0.15) is 0 Å². The van der Waals surface area contributed by atoms with E-state index in [-0.39, 0.29) is 11.1 Å². The molecule has 1 spiro atoms. The molecule has 0 radical (unpaired) electrons. The van der Waals surface area contributed by atoms with Crippen molar-refractivity contribution in [3.05, 3.63) is 40.3 Å². The van der Waals surface area contributed by atoms with Crippen LogP contribution >= 0.6 is 37.6 Å². The third-order valence-corrected chi connectivity index (χ3v) is 30.6. The summed E-state index contributed by atoms with van der Waals surface area (Å²) in [5.74, 6) is 2.36. The van der Waals surface area contributed by atoms with Gasteiger partial charge in [0, 0.05) is 0 Å². The molecular formula is C29H49BBr2N3PSi2. The maximum absolute atomic E-state index is 4.53. The van der Waals surface area contributed by atoms with Crippen LogP contribution in [0.25, 0.3) is 0 Å². The van der Waals surface area contributed by atoms with Crippen molar-refractivity contribution >= 4 is 63.3 Å². The van der Waals surface area contributed by atoms with E-state index in [2.05, 4.69) is 151 Å². The van der Waals surface area contributed by atoms with E-state index in [0.29, 0.717) is 17.8 Å². The van der Waals surface area contributed by atoms with Crippen molar-refractivity contribution in [3.63, 3.8) is 0 Å². The standard InChI is InChI=1S/C29H49BBr2N3PSi2/c1-19(2)23-14-13-15-24(20(3)4)26(23)33-25-21-16-17-22(18-21)27(25)36(30-38(33,31)32)34(28(5,6)7)37(11,12)35(36)29(8,9)10/h13-15,19-22H,16-18H2,1-12H3. The number of rotatable bonds is 3. The first-order valence-electron chi connectivity index (χ1n) is 14.7. The first-order chi connectivity index (χ1) is 17.3. The number of hydrogen-bond acceptors (Lipinski definition) is 3. The predicted octanol–water partition coefficient (Wildman–Crippen LogP) is 10.0. The van der Waals surface area contributed by atoms with E-state index in [1.807, 2.05) is 5.31 Å². The molecule has 2 heterocycles. The summed E-state index contributed by atoms with van der Waals surface area (Å²) in [4.78, 5) is 0. The van der Waals surface area contributed by atoms with E-state index in [0.717, 1.165) is 5.92 Å². The van der Waals surface area contributed by atoms with Gasteiger partial charge in [-0.3, -0.25) is 0 Å². The normalized spacial score (nSPS) is 28.2. The monoisotopic (exact) mass is 695 g/mol. The van der Waals surface area contributed by atoms with Crippen molar-refractivity contribution in [2.24, 2.45) is 11.8 Å². The molecule has 2 fully saturated rings. The van der Waals surface area contributed by atoms with Gasteiger partial charge >= 0.3 is 253 Å². The maximum atomic E-state index is 4.53.